The number of nitrogen functional groups attached to an aromatic ring is 1. The minimum atomic E-state index is -1.06. The number of rotatable bonds is 5. The molecule has 0 saturated carbocycles. The number of carbonyl (C=O) groups is 1. The molecule has 0 bridgehead atoms. The van der Waals surface area contributed by atoms with Crippen molar-refractivity contribution in [2.75, 3.05) is 17.6 Å². The molecule has 0 spiro atoms. The van der Waals surface area contributed by atoms with Crippen molar-refractivity contribution in [2.24, 2.45) is 0 Å². The first kappa shape index (κ1) is 14.6. The van der Waals surface area contributed by atoms with Crippen LogP contribution in [0.2, 0.25) is 5.02 Å². The van der Waals surface area contributed by atoms with Gasteiger partial charge in [0.2, 0.25) is 0 Å². The lowest BCUT2D eigenvalue weighted by Crippen LogP contribution is -2.10. The predicted molar refractivity (Wildman–Crippen MR) is 81.9 cm³/mol. The number of aromatic nitrogens is 1. The molecule has 0 aliphatic heterocycles. The number of nitrogens with zero attached hydrogens (tertiary/aromatic N) is 1. The minimum Gasteiger partial charge on any atom is -0.478 e. The molecule has 0 aliphatic rings. The van der Waals surface area contributed by atoms with E-state index in [-0.39, 0.29) is 5.56 Å². The summed E-state index contributed by atoms with van der Waals surface area (Å²) in [4.78, 5) is 15.5. The zero-order valence-corrected chi connectivity index (χ0v) is 12.4. The highest BCUT2D eigenvalue weighted by Gasteiger charge is 2.14. The molecular formula is C13H14ClN3O2S. The van der Waals surface area contributed by atoms with Crippen LogP contribution in [-0.4, -0.2) is 22.6 Å². The number of nitrogens with one attached hydrogen (secondary N) is 1. The second kappa shape index (κ2) is 6.11. The molecule has 1 aromatic carbocycles. The fourth-order valence-electron chi connectivity index (χ4n) is 1.79. The van der Waals surface area contributed by atoms with E-state index in [1.54, 1.807) is 11.3 Å². The molecule has 0 amide bonds. The summed E-state index contributed by atoms with van der Waals surface area (Å²) in [5.74, 6) is -1.06. The van der Waals surface area contributed by atoms with E-state index >= 15 is 0 Å². The molecule has 4 N–H and O–H groups in total. The lowest BCUT2D eigenvalue weighted by Gasteiger charge is -2.12. The summed E-state index contributed by atoms with van der Waals surface area (Å²) in [6, 6.07) is 2.92. The van der Waals surface area contributed by atoms with Crippen molar-refractivity contribution in [3.8, 4) is 0 Å². The number of aryl methyl sites for hydroxylation is 1. The number of carboxylic acid groups (broad SMARTS) is 1. The van der Waals surface area contributed by atoms with Crippen LogP contribution in [0.25, 0.3) is 0 Å². The number of thiazole rings is 1. The maximum atomic E-state index is 11.2. The molecular weight excluding hydrogens is 298 g/mol. The van der Waals surface area contributed by atoms with Gasteiger partial charge in [0.05, 0.1) is 21.3 Å². The van der Waals surface area contributed by atoms with Crippen LogP contribution in [-0.2, 0) is 6.42 Å². The molecule has 2 rings (SSSR count). The molecule has 106 valence electrons. The van der Waals surface area contributed by atoms with Crippen molar-refractivity contribution in [1.29, 1.82) is 0 Å². The molecule has 2 aromatic rings. The number of nitrogens with two attached hydrogens (primary N) is 1. The van der Waals surface area contributed by atoms with Gasteiger partial charge < -0.3 is 16.2 Å². The monoisotopic (exact) mass is 311 g/mol. The average Bonchev–Trinajstić information content (AvgIpc) is 2.77. The van der Waals surface area contributed by atoms with Gasteiger partial charge in [-0.05, 0) is 19.1 Å². The zero-order valence-electron chi connectivity index (χ0n) is 10.8. The van der Waals surface area contributed by atoms with E-state index in [9.17, 15) is 4.79 Å². The normalized spacial score (nSPS) is 10.5. The summed E-state index contributed by atoms with van der Waals surface area (Å²) in [6.07, 6.45) is 0.707. The van der Waals surface area contributed by atoms with Gasteiger partial charge in [-0.3, -0.25) is 0 Å². The Balaban J connectivity index is 2.10. The van der Waals surface area contributed by atoms with Gasteiger partial charge in [0.1, 0.15) is 0 Å². The Morgan fingerprint density at radius 3 is 2.90 bits per heavy atom. The van der Waals surface area contributed by atoms with Crippen LogP contribution in [0.3, 0.4) is 0 Å². The second-order valence-corrected chi connectivity index (χ2v) is 5.64. The van der Waals surface area contributed by atoms with Gasteiger partial charge in [-0.2, -0.15) is 0 Å². The fraction of sp³-hybridized carbons (Fsp3) is 0.231. The zero-order chi connectivity index (χ0) is 14.7. The first-order chi connectivity index (χ1) is 9.47. The van der Waals surface area contributed by atoms with Crippen molar-refractivity contribution in [3.63, 3.8) is 0 Å². The van der Waals surface area contributed by atoms with Crippen LogP contribution in [0.4, 0.5) is 11.4 Å². The van der Waals surface area contributed by atoms with Crippen LogP contribution >= 0.6 is 22.9 Å². The van der Waals surface area contributed by atoms with Gasteiger partial charge in [0.15, 0.2) is 0 Å². The third-order valence-corrected chi connectivity index (χ3v) is 3.97. The fourth-order valence-corrected chi connectivity index (χ4v) is 2.86. The van der Waals surface area contributed by atoms with Crippen LogP contribution in [0.5, 0.6) is 0 Å². The molecule has 20 heavy (non-hydrogen) atoms. The summed E-state index contributed by atoms with van der Waals surface area (Å²) in [7, 11) is 0. The highest BCUT2D eigenvalue weighted by molar-refractivity contribution is 7.09. The first-order valence-corrected chi connectivity index (χ1v) is 7.20. The van der Waals surface area contributed by atoms with Crippen LogP contribution < -0.4 is 11.1 Å². The number of benzene rings is 1. The first-order valence-electron chi connectivity index (χ1n) is 5.94. The molecule has 7 heteroatoms. The highest BCUT2D eigenvalue weighted by atomic mass is 35.5. The molecule has 0 fully saturated rings. The van der Waals surface area contributed by atoms with Gasteiger partial charge in [-0.1, -0.05) is 11.6 Å². The van der Waals surface area contributed by atoms with Gasteiger partial charge in [0.25, 0.3) is 0 Å². The number of carboxylic acids is 1. The summed E-state index contributed by atoms with van der Waals surface area (Å²) < 4.78 is 0. The van der Waals surface area contributed by atoms with E-state index in [4.69, 9.17) is 22.4 Å². The van der Waals surface area contributed by atoms with Crippen LogP contribution in [0.15, 0.2) is 17.5 Å². The number of halogens is 1. The Hall–Kier alpha value is -1.79. The molecule has 0 aliphatic carbocycles. The third kappa shape index (κ3) is 3.40. The molecule has 1 heterocycles. The maximum absolute atomic E-state index is 11.2. The van der Waals surface area contributed by atoms with Gasteiger partial charge >= 0.3 is 5.97 Å². The van der Waals surface area contributed by atoms with Gasteiger partial charge in [0, 0.05) is 29.7 Å². The summed E-state index contributed by atoms with van der Waals surface area (Å²) >= 11 is 7.63. The van der Waals surface area contributed by atoms with E-state index in [0.717, 1.165) is 10.7 Å². The molecule has 0 atom stereocenters. The standard InChI is InChI=1S/C13H14ClN3O2S/c1-7-6-20-11(17-7)2-3-16-12-9(13(18)19)4-8(15)5-10(12)14/h4-6,16H,2-3,15H2,1H3,(H,18,19). The maximum Gasteiger partial charge on any atom is 0.337 e. The van der Waals surface area contributed by atoms with Gasteiger partial charge in [-0.15, -0.1) is 11.3 Å². The smallest absolute Gasteiger partial charge is 0.337 e. The van der Waals surface area contributed by atoms with Crippen LogP contribution in [0.1, 0.15) is 21.1 Å². The molecule has 1 aromatic heterocycles. The number of hydrogen-bond donors (Lipinski definition) is 3. The SMILES string of the molecule is Cc1csc(CCNc2c(Cl)cc(N)cc2C(=O)O)n1. The Labute approximate surface area is 125 Å². The summed E-state index contributed by atoms with van der Waals surface area (Å²) in [5.41, 5.74) is 7.38. The molecule has 5 nitrogen and oxygen atoms in total. The molecule has 0 saturated heterocycles. The predicted octanol–water partition coefficient (Wildman–Crippen LogP) is 3.04. The summed E-state index contributed by atoms with van der Waals surface area (Å²) in [5, 5.41) is 15.5. The lowest BCUT2D eigenvalue weighted by atomic mass is 10.1. The van der Waals surface area contributed by atoms with E-state index in [0.29, 0.717) is 29.4 Å². The van der Waals surface area contributed by atoms with Crippen molar-refractivity contribution in [1.82, 2.24) is 4.98 Å². The number of anilines is 2. The lowest BCUT2D eigenvalue weighted by molar-refractivity contribution is 0.0698. The number of hydrogen-bond acceptors (Lipinski definition) is 5. The Morgan fingerprint density at radius 1 is 1.55 bits per heavy atom. The third-order valence-electron chi connectivity index (χ3n) is 2.65. The van der Waals surface area contributed by atoms with E-state index in [1.165, 1.54) is 12.1 Å². The van der Waals surface area contributed by atoms with Crippen molar-refractivity contribution in [3.05, 3.63) is 38.8 Å². The van der Waals surface area contributed by atoms with Crippen LogP contribution in [0, 0.1) is 6.92 Å². The number of aromatic carboxylic acids is 1. The Bertz CT molecular complexity index is 643. The van der Waals surface area contributed by atoms with Gasteiger partial charge in [-0.25, -0.2) is 9.78 Å². The Morgan fingerprint density at radius 2 is 2.30 bits per heavy atom. The van der Waals surface area contributed by atoms with E-state index < -0.39 is 5.97 Å². The Kier molecular flexibility index (Phi) is 4.46. The topological polar surface area (TPSA) is 88.2 Å². The summed E-state index contributed by atoms with van der Waals surface area (Å²) in [6.45, 7) is 2.49. The minimum absolute atomic E-state index is 0.0744. The average molecular weight is 312 g/mol. The van der Waals surface area contributed by atoms with Crippen molar-refractivity contribution >= 4 is 40.3 Å². The van der Waals surface area contributed by atoms with E-state index in [1.807, 2.05) is 12.3 Å². The largest absolute Gasteiger partial charge is 0.478 e. The van der Waals surface area contributed by atoms with E-state index in [2.05, 4.69) is 10.3 Å². The quantitative estimate of drug-likeness (QED) is 0.739. The molecule has 0 unspecified atom stereocenters. The highest BCUT2D eigenvalue weighted by Crippen LogP contribution is 2.29. The van der Waals surface area contributed by atoms with Crippen molar-refractivity contribution in [2.45, 2.75) is 13.3 Å². The van der Waals surface area contributed by atoms with Crippen molar-refractivity contribution < 1.29 is 9.90 Å². The molecule has 0 radical (unpaired) electrons. The second-order valence-electron chi connectivity index (χ2n) is 4.29.